The lowest BCUT2D eigenvalue weighted by Crippen LogP contribution is -2.35. The normalized spacial score (nSPS) is 19.0. The highest BCUT2D eigenvalue weighted by atomic mass is 16.4. The minimum absolute atomic E-state index is 0.156. The molecule has 1 fully saturated rings. The minimum Gasteiger partial charge on any atom is -0.481 e. The number of fused-ring (bicyclic) bond motifs is 1. The van der Waals surface area contributed by atoms with Crippen molar-refractivity contribution in [2.75, 3.05) is 13.1 Å². The van der Waals surface area contributed by atoms with Crippen molar-refractivity contribution in [2.24, 2.45) is 5.41 Å². The van der Waals surface area contributed by atoms with E-state index in [4.69, 9.17) is 5.11 Å². The Kier molecular flexibility index (Phi) is 3.22. The lowest BCUT2D eigenvalue weighted by molar-refractivity contribution is -0.143. The van der Waals surface area contributed by atoms with Crippen molar-refractivity contribution in [3.05, 3.63) is 34.9 Å². The molecule has 20 heavy (non-hydrogen) atoms. The molecular weight excluding hydrogens is 256 g/mol. The van der Waals surface area contributed by atoms with Gasteiger partial charge >= 0.3 is 5.97 Å². The maximum absolute atomic E-state index is 12.3. The number of rotatable bonds is 4. The van der Waals surface area contributed by atoms with Crippen LogP contribution in [0.25, 0.3) is 0 Å². The van der Waals surface area contributed by atoms with Crippen LogP contribution in [-0.2, 0) is 17.8 Å². The van der Waals surface area contributed by atoms with Gasteiger partial charge in [0.25, 0.3) is 5.91 Å². The highest BCUT2D eigenvalue weighted by molar-refractivity contribution is 5.96. The van der Waals surface area contributed by atoms with Gasteiger partial charge < -0.3 is 15.7 Å². The van der Waals surface area contributed by atoms with Crippen LogP contribution in [-0.4, -0.2) is 30.1 Å². The topological polar surface area (TPSA) is 78.4 Å². The second kappa shape index (κ2) is 4.90. The Labute approximate surface area is 117 Å². The monoisotopic (exact) mass is 274 g/mol. The molecule has 1 saturated carbocycles. The van der Waals surface area contributed by atoms with E-state index in [2.05, 4.69) is 10.6 Å². The average Bonchev–Trinajstić information content (AvgIpc) is 3.25. The summed E-state index contributed by atoms with van der Waals surface area (Å²) in [6.45, 7) is 1.88. The molecule has 1 aliphatic carbocycles. The molecule has 5 heteroatoms. The zero-order valence-corrected chi connectivity index (χ0v) is 11.2. The van der Waals surface area contributed by atoms with Crippen LogP contribution in [0.1, 0.15) is 34.3 Å². The van der Waals surface area contributed by atoms with Crippen molar-refractivity contribution < 1.29 is 14.7 Å². The third-order valence-electron chi connectivity index (χ3n) is 4.28. The summed E-state index contributed by atoms with van der Waals surface area (Å²) in [6.07, 6.45) is 2.14. The van der Waals surface area contributed by atoms with Crippen LogP contribution < -0.4 is 10.6 Å². The summed E-state index contributed by atoms with van der Waals surface area (Å²) >= 11 is 0. The first-order valence-corrected chi connectivity index (χ1v) is 6.95. The maximum atomic E-state index is 12.3. The number of benzene rings is 1. The van der Waals surface area contributed by atoms with Gasteiger partial charge in [0.05, 0.1) is 5.41 Å². The molecule has 0 aromatic heterocycles. The van der Waals surface area contributed by atoms with Gasteiger partial charge in [0.2, 0.25) is 0 Å². The van der Waals surface area contributed by atoms with E-state index in [1.165, 1.54) is 0 Å². The molecule has 5 nitrogen and oxygen atoms in total. The Morgan fingerprint density at radius 2 is 2.15 bits per heavy atom. The molecule has 1 aromatic rings. The fourth-order valence-electron chi connectivity index (χ4n) is 2.71. The van der Waals surface area contributed by atoms with Crippen molar-refractivity contribution >= 4 is 11.9 Å². The average molecular weight is 274 g/mol. The van der Waals surface area contributed by atoms with Crippen LogP contribution >= 0.6 is 0 Å². The van der Waals surface area contributed by atoms with Crippen LogP contribution in [0.3, 0.4) is 0 Å². The molecule has 3 rings (SSSR count). The number of hydrogen-bond donors (Lipinski definition) is 3. The second-order valence-corrected chi connectivity index (χ2v) is 5.64. The largest absolute Gasteiger partial charge is 0.481 e. The number of nitrogens with one attached hydrogen (secondary N) is 2. The zero-order valence-electron chi connectivity index (χ0n) is 11.2. The summed E-state index contributed by atoms with van der Waals surface area (Å²) in [7, 11) is 0. The Morgan fingerprint density at radius 3 is 2.85 bits per heavy atom. The summed E-state index contributed by atoms with van der Waals surface area (Å²) in [5, 5.41) is 15.2. The van der Waals surface area contributed by atoms with Crippen LogP contribution in [0.4, 0.5) is 0 Å². The molecule has 1 aromatic carbocycles. The van der Waals surface area contributed by atoms with Gasteiger partial charge in [0, 0.05) is 18.7 Å². The highest BCUT2D eigenvalue weighted by Crippen LogP contribution is 2.45. The number of aliphatic carboxylic acids is 1. The van der Waals surface area contributed by atoms with Gasteiger partial charge in [-0.15, -0.1) is 0 Å². The number of carbonyl (C=O) groups is 2. The van der Waals surface area contributed by atoms with E-state index in [0.717, 1.165) is 30.6 Å². The first kappa shape index (κ1) is 13.1. The third kappa shape index (κ3) is 2.29. The summed E-state index contributed by atoms with van der Waals surface area (Å²) in [5.41, 5.74) is 2.21. The Balaban J connectivity index is 1.73. The molecule has 3 N–H and O–H groups in total. The Morgan fingerprint density at radius 1 is 1.35 bits per heavy atom. The van der Waals surface area contributed by atoms with Crippen LogP contribution in [0.15, 0.2) is 18.2 Å². The zero-order chi connectivity index (χ0) is 14.2. The molecule has 1 aliphatic heterocycles. The number of hydrogen-bond acceptors (Lipinski definition) is 3. The number of carboxylic acid groups (broad SMARTS) is 1. The molecule has 1 amide bonds. The van der Waals surface area contributed by atoms with Crippen molar-refractivity contribution in [1.82, 2.24) is 10.6 Å². The summed E-state index contributed by atoms with van der Waals surface area (Å²) in [4.78, 5) is 23.4. The van der Waals surface area contributed by atoms with Gasteiger partial charge in [-0.25, -0.2) is 0 Å². The maximum Gasteiger partial charge on any atom is 0.311 e. The van der Waals surface area contributed by atoms with E-state index in [9.17, 15) is 9.59 Å². The van der Waals surface area contributed by atoms with Crippen LogP contribution in [0, 0.1) is 5.41 Å². The van der Waals surface area contributed by atoms with E-state index in [-0.39, 0.29) is 12.5 Å². The Hall–Kier alpha value is -1.88. The van der Waals surface area contributed by atoms with E-state index >= 15 is 0 Å². The molecule has 0 saturated heterocycles. The number of amides is 1. The van der Waals surface area contributed by atoms with Gasteiger partial charge in [-0.1, -0.05) is 12.1 Å². The molecule has 0 radical (unpaired) electrons. The molecule has 106 valence electrons. The van der Waals surface area contributed by atoms with Crippen molar-refractivity contribution in [3.63, 3.8) is 0 Å². The quantitative estimate of drug-likeness (QED) is 0.763. The lowest BCUT2D eigenvalue weighted by atomic mass is 9.95. The minimum atomic E-state index is -0.808. The van der Waals surface area contributed by atoms with Crippen molar-refractivity contribution in [1.29, 1.82) is 0 Å². The van der Waals surface area contributed by atoms with Gasteiger partial charge in [-0.05, 0) is 43.0 Å². The summed E-state index contributed by atoms with van der Waals surface area (Å²) in [6, 6.07) is 5.72. The first-order valence-electron chi connectivity index (χ1n) is 6.95. The van der Waals surface area contributed by atoms with Gasteiger partial charge in [-0.2, -0.15) is 0 Å². The second-order valence-electron chi connectivity index (χ2n) is 5.64. The highest BCUT2D eigenvalue weighted by Gasteiger charge is 2.50. The van der Waals surface area contributed by atoms with Gasteiger partial charge in [0.15, 0.2) is 0 Å². The van der Waals surface area contributed by atoms with Crippen LogP contribution in [0.5, 0.6) is 0 Å². The molecular formula is C15H18N2O3. The first-order chi connectivity index (χ1) is 9.62. The fraction of sp³-hybridized carbons (Fsp3) is 0.467. The number of carboxylic acids is 1. The summed E-state index contributed by atoms with van der Waals surface area (Å²) < 4.78 is 0. The Bertz CT molecular complexity index is 564. The molecule has 0 bridgehead atoms. The lowest BCUT2D eigenvalue weighted by Gasteiger charge is -2.20. The standard InChI is InChI=1S/C15H18N2O3/c18-13(17-9-15(5-6-15)14(19)20)12-3-1-2-10-8-16-7-4-11(10)12/h1-3,16H,4-9H2,(H,17,18)(H,19,20). The molecule has 2 aliphatic rings. The predicted molar refractivity (Wildman–Crippen MR) is 73.5 cm³/mol. The number of carbonyl (C=O) groups excluding carboxylic acids is 1. The van der Waals surface area contributed by atoms with Gasteiger partial charge in [0.1, 0.15) is 0 Å². The molecule has 0 atom stereocenters. The molecule has 0 unspecified atom stereocenters. The van der Waals surface area contributed by atoms with E-state index in [1.54, 1.807) is 0 Å². The van der Waals surface area contributed by atoms with Crippen molar-refractivity contribution in [3.8, 4) is 0 Å². The van der Waals surface area contributed by atoms with E-state index < -0.39 is 11.4 Å². The third-order valence-corrected chi connectivity index (χ3v) is 4.28. The molecule has 0 spiro atoms. The fourth-order valence-corrected chi connectivity index (χ4v) is 2.71. The van der Waals surface area contributed by atoms with Crippen LogP contribution in [0.2, 0.25) is 0 Å². The predicted octanol–water partition coefficient (Wildman–Crippen LogP) is 0.927. The summed E-state index contributed by atoms with van der Waals surface area (Å²) in [5.74, 6) is -0.964. The van der Waals surface area contributed by atoms with E-state index in [0.29, 0.717) is 18.4 Å². The molecule has 1 heterocycles. The smallest absolute Gasteiger partial charge is 0.311 e. The SMILES string of the molecule is O=C(NCC1(C(=O)O)CC1)c1cccc2c1CCNC2. The van der Waals surface area contributed by atoms with E-state index in [1.807, 2.05) is 18.2 Å². The van der Waals surface area contributed by atoms with Gasteiger partial charge in [-0.3, -0.25) is 9.59 Å². The van der Waals surface area contributed by atoms with Crippen molar-refractivity contribution in [2.45, 2.75) is 25.8 Å².